The molecule has 36 heavy (non-hydrogen) atoms. The number of ether oxygens (including phenoxy) is 1. The standard InChI is InChI=1S/C24H23Cl2N7O2S/c1-32-22-15(13-16(23(32)34)21-17(25)3-2-4-18(21)26)14-27-24(29-22)28-19-5-6-20(31-30-19)35-10-7-33-8-11-36-12-9-33/h2-6,13-14H,7-12H2,1H3,(H,27,28,29,30). The number of nitrogens with zero attached hydrogens (tertiary/aromatic N) is 6. The minimum Gasteiger partial charge on any atom is -0.475 e. The number of nitrogens with one attached hydrogen (secondary N) is 1. The van der Waals surface area contributed by atoms with Crippen LogP contribution >= 0.6 is 35.0 Å². The van der Waals surface area contributed by atoms with Crippen molar-refractivity contribution in [2.45, 2.75) is 0 Å². The molecular weight excluding hydrogens is 521 g/mol. The smallest absolute Gasteiger partial charge is 0.259 e. The van der Waals surface area contributed by atoms with E-state index in [9.17, 15) is 4.79 Å². The molecule has 4 heterocycles. The number of halogens is 2. The number of pyridine rings is 1. The van der Waals surface area contributed by atoms with E-state index in [0.29, 0.717) is 50.5 Å². The number of aryl methyl sites for hydroxylation is 1. The van der Waals surface area contributed by atoms with Crippen LogP contribution in [0.25, 0.3) is 22.2 Å². The Kier molecular flexibility index (Phi) is 7.56. The van der Waals surface area contributed by atoms with Crippen LogP contribution in [0.4, 0.5) is 11.8 Å². The minimum absolute atomic E-state index is 0.272. The zero-order valence-corrected chi connectivity index (χ0v) is 21.8. The third kappa shape index (κ3) is 5.41. The number of fused-ring (bicyclic) bond motifs is 1. The van der Waals surface area contributed by atoms with Gasteiger partial charge in [0.25, 0.3) is 5.56 Å². The van der Waals surface area contributed by atoms with E-state index in [4.69, 9.17) is 27.9 Å². The number of aromatic nitrogens is 5. The van der Waals surface area contributed by atoms with Crippen LogP contribution in [0.5, 0.6) is 5.88 Å². The van der Waals surface area contributed by atoms with E-state index in [1.807, 2.05) is 11.8 Å². The molecule has 4 aromatic rings. The quantitative estimate of drug-likeness (QED) is 0.366. The lowest BCUT2D eigenvalue weighted by Gasteiger charge is -2.25. The molecule has 1 saturated heterocycles. The molecule has 1 aliphatic rings. The highest BCUT2D eigenvalue weighted by Gasteiger charge is 2.16. The van der Waals surface area contributed by atoms with Crippen molar-refractivity contribution in [3.63, 3.8) is 0 Å². The Labute approximate surface area is 221 Å². The molecule has 3 aromatic heterocycles. The number of rotatable bonds is 7. The van der Waals surface area contributed by atoms with Crippen LogP contribution in [-0.2, 0) is 7.05 Å². The van der Waals surface area contributed by atoms with Gasteiger partial charge in [-0.15, -0.1) is 10.2 Å². The van der Waals surface area contributed by atoms with Crippen LogP contribution in [0.15, 0.2) is 47.4 Å². The lowest BCUT2D eigenvalue weighted by Crippen LogP contribution is -2.35. The van der Waals surface area contributed by atoms with Gasteiger partial charge in [0, 0.05) is 61.4 Å². The molecule has 1 N–H and O–H groups in total. The SMILES string of the molecule is Cn1c(=O)c(-c2c(Cl)cccc2Cl)cc2cnc(Nc3ccc(OCCN4CCSCC4)nn3)nc21. The van der Waals surface area contributed by atoms with E-state index >= 15 is 0 Å². The molecule has 0 bridgehead atoms. The van der Waals surface area contributed by atoms with Gasteiger partial charge in [0.1, 0.15) is 12.3 Å². The van der Waals surface area contributed by atoms with Crippen molar-refractivity contribution in [1.82, 2.24) is 29.6 Å². The third-order valence-electron chi connectivity index (χ3n) is 5.82. The molecular formula is C24H23Cl2N7O2S. The van der Waals surface area contributed by atoms with Crippen LogP contribution in [0, 0.1) is 0 Å². The molecule has 0 unspecified atom stereocenters. The molecule has 5 rings (SSSR count). The molecule has 1 fully saturated rings. The fourth-order valence-corrected chi connectivity index (χ4v) is 5.50. The normalized spacial score (nSPS) is 14.2. The van der Waals surface area contributed by atoms with Crippen LogP contribution in [0.2, 0.25) is 10.0 Å². The van der Waals surface area contributed by atoms with E-state index in [0.717, 1.165) is 19.6 Å². The Morgan fingerprint density at radius 1 is 1.11 bits per heavy atom. The maximum atomic E-state index is 13.1. The first-order valence-electron chi connectivity index (χ1n) is 11.3. The monoisotopic (exact) mass is 543 g/mol. The molecule has 186 valence electrons. The first kappa shape index (κ1) is 24.8. The number of anilines is 2. The summed E-state index contributed by atoms with van der Waals surface area (Å²) < 4.78 is 7.17. The van der Waals surface area contributed by atoms with Gasteiger partial charge in [0.05, 0.1) is 15.6 Å². The maximum absolute atomic E-state index is 13.1. The van der Waals surface area contributed by atoms with Crippen molar-refractivity contribution in [3.05, 3.63) is 63.0 Å². The first-order chi connectivity index (χ1) is 17.5. The summed E-state index contributed by atoms with van der Waals surface area (Å²) in [4.78, 5) is 24.4. The van der Waals surface area contributed by atoms with Gasteiger partial charge in [0.15, 0.2) is 5.82 Å². The van der Waals surface area contributed by atoms with Gasteiger partial charge in [-0.1, -0.05) is 29.3 Å². The Balaban J connectivity index is 1.30. The predicted molar refractivity (Wildman–Crippen MR) is 145 cm³/mol. The molecule has 1 aliphatic heterocycles. The first-order valence-corrected chi connectivity index (χ1v) is 13.3. The summed E-state index contributed by atoms with van der Waals surface area (Å²) in [5.74, 6) is 3.54. The van der Waals surface area contributed by atoms with Crippen molar-refractivity contribution < 1.29 is 4.74 Å². The maximum Gasteiger partial charge on any atom is 0.259 e. The number of thioether (sulfide) groups is 1. The Hall–Kier alpha value is -2.92. The van der Waals surface area contributed by atoms with Crippen molar-refractivity contribution in [2.75, 3.05) is 43.1 Å². The highest BCUT2D eigenvalue weighted by molar-refractivity contribution is 7.99. The van der Waals surface area contributed by atoms with Gasteiger partial charge in [-0.2, -0.15) is 16.7 Å². The fourth-order valence-electron chi connectivity index (χ4n) is 3.92. The lowest BCUT2D eigenvalue weighted by atomic mass is 10.1. The topological polar surface area (TPSA) is 98.1 Å². The van der Waals surface area contributed by atoms with E-state index in [1.165, 1.54) is 16.1 Å². The zero-order valence-electron chi connectivity index (χ0n) is 19.4. The van der Waals surface area contributed by atoms with E-state index in [1.54, 1.807) is 49.6 Å². The lowest BCUT2D eigenvalue weighted by molar-refractivity contribution is 0.216. The molecule has 1 aromatic carbocycles. The predicted octanol–water partition coefficient (Wildman–Crippen LogP) is 4.26. The Morgan fingerprint density at radius 3 is 2.61 bits per heavy atom. The van der Waals surface area contributed by atoms with Gasteiger partial charge < -0.3 is 10.1 Å². The number of hydrogen-bond donors (Lipinski definition) is 1. The second-order valence-electron chi connectivity index (χ2n) is 8.18. The van der Waals surface area contributed by atoms with Crippen LogP contribution in [0.1, 0.15) is 0 Å². The van der Waals surface area contributed by atoms with E-state index < -0.39 is 0 Å². The van der Waals surface area contributed by atoms with Crippen molar-refractivity contribution in [2.24, 2.45) is 7.05 Å². The van der Waals surface area contributed by atoms with Crippen LogP contribution in [0.3, 0.4) is 0 Å². The van der Waals surface area contributed by atoms with Crippen LogP contribution in [-0.4, -0.2) is 67.4 Å². The van der Waals surface area contributed by atoms with Crippen molar-refractivity contribution in [3.8, 4) is 17.0 Å². The summed E-state index contributed by atoms with van der Waals surface area (Å²) in [7, 11) is 1.64. The summed E-state index contributed by atoms with van der Waals surface area (Å²) in [6.07, 6.45) is 1.63. The van der Waals surface area contributed by atoms with Gasteiger partial charge in [-0.25, -0.2) is 4.98 Å². The average Bonchev–Trinajstić information content (AvgIpc) is 2.89. The number of hydrogen-bond acceptors (Lipinski definition) is 9. The highest BCUT2D eigenvalue weighted by Crippen LogP contribution is 2.33. The zero-order chi connectivity index (χ0) is 25.1. The molecule has 0 radical (unpaired) electrons. The Morgan fingerprint density at radius 2 is 1.89 bits per heavy atom. The second kappa shape index (κ2) is 11.0. The summed E-state index contributed by atoms with van der Waals surface area (Å²) in [6.45, 7) is 3.62. The summed E-state index contributed by atoms with van der Waals surface area (Å²) >= 11 is 14.6. The fraction of sp³-hybridized carbons (Fsp3) is 0.292. The molecule has 0 saturated carbocycles. The van der Waals surface area contributed by atoms with E-state index in [2.05, 4.69) is 30.4 Å². The summed E-state index contributed by atoms with van der Waals surface area (Å²) in [5, 5.41) is 12.8. The molecule has 0 amide bonds. The number of benzene rings is 1. The Bertz CT molecular complexity index is 1420. The summed E-state index contributed by atoms with van der Waals surface area (Å²) in [6, 6.07) is 10.3. The summed E-state index contributed by atoms with van der Waals surface area (Å²) in [5.41, 5.74) is 1.05. The third-order valence-corrected chi connectivity index (χ3v) is 7.39. The average molecular weight is 544 g/mol. The van der Waals surface area contributed by atoms with Crippen molar-refractivity contribution in [1.29, 1.82) is 0 Å². The second-order valence-corrected chi connectivity index (χ2v) is 10.2. The van der Waals surface area contributed by atoms with Crippen LogP contribution < -0.4 is 15.6 Å². The van der Waals surface area contributed by atoms with Gasteiger partial charge in [-0.3, -0.25) is 14.3 Å². The van der Waals surface area contributed by atoms with Gasteiger partial charge in [-0.05, 0) is 24.3 Å². The highest BCUT2D eigenvalue weighted by atomic mass is 35.5. The molecule has 0 atom stereocenters. The van der Waals surface area contributed by atoms with Gasteiger partial charge >= 0.3 is 0 Å². The van der Waals surface area contributed by atoms with E-state index in [-0.39, 0.29) is 11.5 Å². The van der Waals surface area contributed by atoms with Crippen molar-refractivity contribution >= 4 is 57.8 Å². The molecule has 9 nitrogen and oxygen atoms in total. The molecule has 12 heteroatoms. The molecule has 0 aliphatic carbocycles. The molecule has 0 spiro atoms. The largest absolute Gasteiger partial charge is 0.475 e. The minimum atomic E-state index is -0.272. The van der Waals surface area contributed by atoms with Gasteiger partial charge in [0.2, 0.25) is 11.8 Å².